The standard InChI is InChI=1S/C13H25NO2.C7H10N2OS/c1-3-6-12(13(15)16)14-10(2)9-11-7-4-5-8-11;1-4(2)5-3-9-7(11-5)6(8)10/h10-12,14H,3-9H2,1-2H3,(H,15,16);3-4H,1-2H3,(H2,8,10)/t10?,12-;/m0./s1. The van der Waals surface area contributed by atoms with Crippen LogP contribution < -0.4 is 11.1 Å². The molecule has 1 fully saturated rings. The van der Waals surface area contributed by atoms with E-state index in [1.165, 1.54) is 37.0 Å². The highest BCUT2D eigenvalue weighted by molar-refractivity contribution is 7.13. The molecule has 1 saturated carbocycles. The van der Waals surface area contributed by atoms with Gasteiger partial charge in [-0.1, -0.05) is 52.9 Å². The topological polar surface area (TPSA) is 105 Å². The number of carboxylic acid groups (broad SMARTS) is 1. The lowest BCUT2D eigenvalue weighted by molar-refractivity contribution is -0.139. The van der Waals surface area contributed by atoms with E-state index in [9.17, 15) is 9.59 Å². The van der Waals surface area contributed by atoms with Crippen LogP contribution in [0.5, 0.6) is 0 Å². The number of rotatable bonds is 9. The lowest BCUT2D eigenvalue weighted by Crippen LogP contribution is -2.42. The minimum absolute atomic E-state index is 0.329. The van der Waals surface area contributed by atoms with Gasteiger partial charge in [-0.2, -0.15) is 0 Å². The zero-order chi connectivity index (χ0) is 20.4. The molecular weight excluding hydrogens is 362 g/mol. The summed E-state index contributed by atoms with van der Waals surface area (Å²) in [7, 11) is 0. The SMILES string of the molecule is CC(C)c1cnc(C(N)=O)s1.CCC[C@H](NC(C)CC1CCCC1)C(=O)O. The van der Waals surface area contributed by atoms with Gasteiger partial charge >= 0.3 is 5.97 Å². The summed E-state index contributed by atoms with van der Waals surface area (Å²) >= 11 is 1.36. The number of carbonyl (C=O) groups is 2. The first-order valence-corrected chi connectivity index (χ1v) is 10.8. The molecule has 2 rings (SSSR count). The number of hydrogen-bond donors (Lipinski definition) is 3. The molecule has 1 amide bonds. The number of nitrogens with one attached hydrogen (secondary N) is 1. The molecule has 7 heteroatoms. The van der Waals surface area contributed by atoms with Crippen LogP contribution in [0.15, 0.2) is 6.20 Å². The zero-order valence-electron chi connectivity index (χ0n) is 17.0. The Morgan fingerprint density at radius 3 is 2.37 bits per heavy atom. The van der Waals surface area contributed by atoms with E-state index in [1.54, 1.807) is 6.20 Å². The molecule has 1 unspecified atom stereocenters. The van der Waals surface area contributed by atoms with Gasteiger partial charge in [0.15, 0.2) is 5.01 Å². The Morgan fingerprint density at radius 2 is 1.96 bits per heavy atom. The fourth-order valence-corrected chi connectivity index (χ4v) is 4.16. The quantitative estimate of drug-likeness (QED) is 0.580. The van der Waals surface area contributed by atoms with Gasteiger partial charge in [-0.3, -0.25) is 9.59 Å². The Morgan fingerprint density at radius 1 is 1.33 bits per heavy atom. The second-order valence-corrected chi connectivity index (χ2v) is 8.78. The van der Waals surface area contributed by atoms with Crippen LogP contribution in [0, 0.1) is 5.92 Å². The van der Waals surface area contributed by atoms with Crippen LogP contribution >= 0.6 is 11.3 Å². The highest BCUT2D eigenvalue weighted by atomic mass is 32.1. The van der Waals surface area contributed by atoms with E-state index in [0.717, 1.165) is 30.1 Å². The smallest absolute Gasteiger partial charge is 0.320 e. The van der Waals surface area contributed by atoms with Gasteiger partial charge in [0, 0.05) is 17.1 Å². The molecule has 27 heavy (non-hydrogen) atoms. The highest BCUT2D eigenvalue weighted by Crippen LogP contribution is 2.28. The Kier molecular flexibility index (Phi) is 10.5. The van der Waals surface area contributed by atoms with Crippen molar-refractivity contribution < 1.29 is 14.7 Å². The molecule has 0 saturated heterocycles. The molecule has 1 aliphatic carbocycles. The molecule has 4 N–H and O–H groups in total. The number of amides is 1. The number of aliphatic carboxylic acids is 1. The third-order valence-electron chi connectivity index (χ3n) is 4.83. The zero-order valence-corrected chi connectivity index (χ0v) is 17.8. The molecule has 1 aromatic rings. The van der Waals surface area contributed by atoms with Crippen molar-refractivity contribution in [3.63, 3.8) is 0 Å². The van der Waals surface area contributed by atoms with Crippen LogP contribution in [0.2, 0.25) is 0 Å². The minimum Gasteiger partial charge on any atom is -0.480 e. The van der Waals surface area contributed by atoms with Gasteiger partial charge in [-0.25, -0.2) is 4.98 Å². The third kappa shape index (κ3) is 8.84. The van der Waals surface area contributed by atoms with Gasteiger partial charge in [0.25, 0.3) is 5.91 Å². The number of carboxylic acids is 1. The molecule has 0 radical (unpaired) electrons. The minimum atomic E-state index is -0.708. The molecule has 0 aliphatic heterocycles. The maximum atomic E-state index is 11.0. The average molecular weight is 398 g/mol. The van der Waals surface area contributed by atoms with Crippen molar-refractivity contribution in [1.82, 2.24) is 10.3 Å². The second-order valence-electron chi connectivity index (χ2n) is 7.72. The van der Waals surface area contributed by atoms with Crippen LogP contribution in [0.25, 0.3) is 0 Å². The molecule has 1 heterocycles. The molecule has 1 aromatic heterocycles. The summed E-state index contributed by atoms with van der Waals surface area (Å²) in [4.78, 5) is 26.6. The number of hydrogen-bond acceptors (Lipinski definition) is 5. The maximum absolute atomic E-state index is 11.0. The number of nitrogens with two attached hydrogens (primary N) is 1. The summed E-state index contributed by atoms with van der Waals surface area (Å²) in [5.41, 5.74) is 5.04. The van der Waals surface area contributed by atoms with E-state index in [0.29, 0.717) is 17.0 Å². The van der Waals surface area contributed by atoms with Gasteiger partial charge < -0.3 is 16.2 Å². The van der Waals surface area contributed by atoms with Gasteiger partial charge in [0.1, 0.15) is 6.04 Å². The highest BCUT2D eigenvalue weighted by Gasteiger charge is 2.22. The number of carbonyl (C=O) groups excluding carboxylic acids is 1. The number of aromatic nitrogens is 1. The summed E-state index contributed by atoms with van der Waals surface area (Å²) < 4.78 is 0. The number of primary amides is 1. The largest absolute Gasteiger partial charge is 0.480 e. The predicted molar refractivity (Wildman–Crippen MR) is 110 cm³/mol. The number of thiazole rings is 1. The van der Waals surface area contributed by atoms with Crippen LogP contribution in [-0.4, -0.2) is 34.1 Å². The van der Waals surface area contributed by atoms with Gasteiger partial charge in [0.2, 0.25) is 0 Å². The molecule has 0 spiro atoms. The third-order valence-corrected chi connectivity index (χ3v) is 6.14. The Hall–Kier alpha value is -1.47. The van der Waals surface area contributed by atoms with Crippen LogP contribution in [0.4, 0.5) is 0 Å². The summed E-state index contributed by atoms with van der Waals surface area (Å²) in [5.74, 6) is 0.0844. The molecule has 0 aromatic carbocycles. The summed E-state index contributed by atoms with van der Waals surface area (Å²) in [6.07, 6.45) is 9.85. The lowest BCUT2D eigenvalue weighted by Gasteiger charge is -2.22. The van der Waals surface area contributed by atoms with Gasteiger partial charge in [-0.05, 0) is 31.6 Å². The molecule has 6 nitrogen and oxygen atoms in total. The van der Waals surface area contributed by atoms with E-state index < -0.39 is 11.9 Å². The Bertz CT molecular complexity index is 583. The van der Waals surface area contributed by atoms with Crippen molar-refractivity contribution in [2.24, 2.45) is 11.7 Å². The van der Waals surface area contributed by atoms with E-state index in [4.69, 9.17) is 10.8 Å². The van der Waals surface area contributed by atoms with Gasteiger partial charge in [0.05, 0.1) is 0 Å². The molecule has 2 atom stereocenters. The van der Waals surface area contributed by atoms with Crippen molar-refractivity contribution in [2.75, 3.05) is 0 Å². The van der Waals surface area contributed by atoms with Crippen molar-refractivity contribution in [3.05, 3.63) is 16.1 Å². The lowest BCUT2D eigenvalue weighted by atomic mass is 9.98. The Labute approximate surface area is 167 Å². The van der Waals surface area contributed by atoms with E-state index >= 15 is 0 Å². The van der Waals surface area contributed by atoms with Crippen LogP contribution in [-0.2, 0) is 4.79 Å². The second kappa shape index (κ2) is 12.1. The normalized spacial score (nSPS) is 16.6. The molecular formula is C20H35N3O3S. The first-order chi connectivity index (χ1) is 12.7. The van der Waals surface area contributed by atoms with E-state index in [-0.39, 0.29) is 6.04 Å². The van der Waals surface area contributed by atoms with Crippen LogP contribution in [0.1, 0.15) is 93.2 Å². The first-order valence-electron chi connectivity index (χ1n) is 9.98. The maximum Gasteiger partial charge on any atom is 0.320 e. The monoisotopic (exact) mass is 397 g/mol. The van der Waals surface area contributed by atoms with Crippen molar-refractivity contribution >= 4 is 23.2 Å². The molecule has 1 aliphatic rings. The van der Waals surface area contributed by atoms with Gasteiger partial charge in [-0.15, -0.1) is 11.3 Å². The fraction of sp³-hybridized carbons (Fsp3) is 0.750. The summed E-state index contributed by atoms with van der Waals surface area (Å²) in [6, 6.07) is -0.0304. The van der Waals surface area contributed by atoms with Crippen molar-refractivity contribution in [1.29, 1.82) is 0 Å². The Balaban J connectivity index is 0.000000289. The van der Waals surface area contributed by atoms with Crippen LogP contribution in [0.3, 0.4) is 0 Å². The van der Waals surface area contributed by atoms with E-state index in [2.05, 4.69) is 31.1 Å². The van der Waals surface area contributed by atoms with Crippen molar-refractivity contribution in [3.8, 4) is 0 Å². The molecule has 154 valence electrons. The summed E-state index contributed by atoms with van der Waals surface area (Å²) in [6.45, 7) is 8.25. The summed E-state index contributed by atoms with van der Waals surface area (Å²) in [5, 5.41) is 12.7. The van der Waals surface area contributed by atoms with E-state index in [1.807, 2.05) is 6.92 Å². The molecule has 0 bridgehead atoms. The van der Waals surface area contributed by atoms with Crippen molar-refractivity contribution in [2.45, 2.75) is 90.6 Å². The predicted octanol–water partition coefficient (Wildman–Crippen LogP) is 4.16. The fourth-order valence-electron chi connectivity index (χ4n) is 3.39. The first kappa shape index (κ1) is 23.6. The average Bonchev–Trinajstić information content (AvgIpc) is 3.26. The number of nitrogens with zero attached hydrogens (tertiary/aromatic N) is 1.